The minimum absolute atomic E-state index is 0.0931. The number of benzene rings is 1. The van der Waals surface area contributed by atoms with Crippen molar-refractivity contribution in [3.63, 3.8) is 0 Å². The molecular formula is C32H35F3N4O2S. The van der Waals surface area contributed by atoms with Crippen molar-refractivity contribution in [3.05, 3.63) is 114 Å². The topological polar surface area (TPSA) is 75.2 Å². The van der Waals surface area contributed by atoms with Gasteiger partial charge in [-0.2, -0.15) is 13.2 Å². The van der Waals surface area contributed by atoms with Crippen molar-refractivity contribution in [2.24, 2.45) is 5.92 Å². The Morgan fingerprint density at radius 1 is 1.07 bits per heavy atom. The van der Waals surface area contributed by atoms with E-state index < -0.39 is 21.8 Å². The van der Waals surface area contributed by atoms with Crippen LogP contribution >= 0.6 is 0 Å². The van der Waals surface area contributed by atoms with Gasteiger partial charge in [0.1, 0.15) is 4.90 Å². The highest BCUT2D eigenvalue weighted by atomic mass is 32.2. The zero-order valence-electron chi connectivity index (χ0n) is 23.6. The number of para-hydroxylation sites is 1. The average Bonchev–Trinajstić information content (AvgIpc) is 3.20. The Kier molecular flexibility index (Phi) is 9.88. The van der Waals surface area contributed by atoms with Crippen LogP contribution in [0.25, 0.3) is 10.9 Å². The van der Waals surface area contributed by atoms with Gasteiger partial charge in [-0.3, -0.25) is 14.7 Å². The van der Waals surface area contributed by atoms with Crippen LogP contribution in [-0.4, -0.2) is 36.4 Å². The van der Waals surface area contributed by atoms with Crippen LogP contribution in [-0.2, 0) is 22.6 Å². The molecule has 1 aliphatic rings. The Balaban J connectivity index is 1.38. The molecule has 1 unspecified atom stereocenters. The molecule has 0 amide bonds. The molecule has 0 aliphatic carbocycles. The second-order valence-electron chi connectivity index (χ2n) is 10.4. The van der Waals surface area contributed by atoms with Crippen molar-refractivity contribution >= 4 is 20.9 Å². The fourth-order valence-corrected chi connectivity index (χ4v) is 6.31. The van der Waals surface area contributed by atoms with E-state index in [1.807, 2.05) is 6.92 Å². The average molecular weight is 597 g/mol. The number of allylic oxidation sites excluding steroid dienone is 3. The number of sulfonamides is 1. The lowest BCUT2D eigenvalue weighted by Crippen LogP contribution is -2.25. The summed E-state index contributed by atoms with van der Waals surface area (Å²) in [4.78, 5) is 10.5. The molecular weight excluding hydrogens is 561 g/mol. The predicted octanol–water partition coefficient (Wildman–Crippen LogP) is 7.19. The van der Waals surface area contributed by atoms with Crippen LogP contribution in [0.3, 0.4) is 0 Å². The molecule has 3 heterocycles. The van der Waals surface area contributed by atoms with Crippen LogP contribution in [0.5, 0.6) is 0 Å². The number of halogens is 3. The molecule has 1 saturated heterocycles. The highest BCUT2D eigenvalue weighted by Crippen LogP contribution is 2.33. The molecule has 4 rings (SSSR count). The summed E-state index contributed by atoms with van der Waals surface area (Å²) in [5, 5.41) is 0.729. The summed E-state index contributed by atoms with van der Waals surface area (Å²) < 4.78 is 68.5. The van der Waals surface area contributed by atoms with Crippen LogP contribution in [0.1, 0.15) is 43.9 Å². The van der Waals surface area contributed by atoms with E-state index in [1.165, 1.54) is 24.5 Å². The van der Waals surface area contributed by atoms with Crippen LogP contribution < -0.4 is 4.72 Å². The van der Waals surface area contributed by atoms with Gasteiger partial charge in [0.25, 0.3) is 10.0 Å². The number of nitrogens with one attached hydrogen (secondary N) is 1. The van der Waals surface area contributed by atoms with E-state index in [4.69, 9.17) is 0 Å². The van der Waals surface area contributed by atoms with Crippen LogP contribution in [0.15, 0.2) is 108 Å². The monoisotopic (exact) mass is 596 g/mol. The first kappa shape index (κ1) is 31.0. The lowest BCUT2D eigenvalue weighted by atomic mass is 9.93. The number of nitrogens with zero attached hydrogens (tertiary/aromatic N) is 3. The van der Waals surface area contributed by atoms with Crippen molar-refractivity contribution in [2.45, 2.75) is 50.1 Å². The van der Waals surface area contributed by atoms with Crippen molar-refractivity contribution in [1.29, 1.82) is 0 Å². The lowest BCUT2D eigenvalue weighted by Gasteiger charge is -2.27. The molecule has 1 aromatic carbocycles. The third kappa shape index (κ3) is 7.67. The molecule has 1 N–H and O–H groups in total. The van der Waals surface area contributed by atoms with E-state index in [9.17, 15) is 21.6 Å². The summed E-state index contributed by atoms with van der Waals surface area (Å²) in [5.74, 6) is 0.279. The van der Waals surface area contributed by atoms with Crippen LogP contribution in [0, 0.1) is 5.92 Å². The van der Waals surface area contributed by atoms with Gasteiger partial charge in [-0.15, -0.1) is 0 Å². The summed E-state index contributed by atoms with van der Waals surface area (Å²) >= 11 is 0. The quantitative estimate of drug-likeness (QED) is 0.251. The zero-order chi connectivity index (χ0) is 30.3. The molecule has 0 bridgehead atoms. The normalized spacial score (nSPS) is 16.9. The number of rotatable bonds is 10. The van der Waals surface area contributed by atoms with Crippen LogP contribution in [0.4, 0.5) is 13.2 Å². The summed E-state index contributed by atoms with van der Waals surface area (Å²) in [6, 6.07) is 11.0. The smallest absolute Gasteiger partial charge is 0.372 e. The van der Waals surface area contributed by atoms with E-state index in [0.717, 1.165) is 54.1 Å². The highest BCUT2D eigenvalue weighted by Gasteiger charge is 2.33. The first-order chi connectivity index (χ1) is 20.0. The fraction of sp³-hybridized carbons (Fsp3) is 0.312. The van der Waals surface area contributed by atoms with Gasteiger partial charge in [-0.25, -0.2) is 8.42 Å². The van der Waals surface area contributed by atoms with Gasteiger partial charge in [0.15, 0.2) is 0 Å². The third-order valence-corrected chi connectivity index (χ3v) is 8.81. The molecule has 2 aromatic heterocycles. The first-order valence-corrected chi connectivity index (χ1v) is 15.3. The standard InChI is InChI=1S/C32H35F3N4O2S/c1-23(2)27(12-6-20-38-42(40,41)30-14-4-10-26-11-5-19-37-31(26)30)24(3)39-21-8-9-25(17-22-39)15-16-29-28(32(33,34)35)13-7-18-36-29/h4-7,10-14,18-20,25,38H,1,3,8-9,15-17,21-22H2,2H3/b20-6+,27-12+. The van der Waals surface area contributed by atoms with E-state index in [2.05, 4.69) is 32.7 Å². The zero-order valence-corrected chi connectivity index (χ0v) is 24.4. The largest absolute Gasteiger partial charge is 0.418 e. The molecule has 3 aromatic rings. The Bertz CT molecular complexity index is 1610. The first-order valence-electron chi connectivity index (χ1n) is 13.8. The second-order valence-corrected chi connectivity index (χ2v) is 12.1. The SMILES string of the molecule is C=C(C)/C(=C\C=C\NS(=O)(=O)c1cccc2cccnc12)C(=C)N1CCCC(CCc2ncccc2C(F)(F)F)CC1. The maximum Gasteiger partial charge on any atom is 0.418 e. The molecule has 1 fully saturated rings. The fourth-order valence-electron chi connectivity index (χ4n) is 5.24. The molecule has 6 nitrogen and oxygen atoms in total. The Labute approximate surface area is 245 Å². The Hall–Kier alpha value is -3.92. The van der Waals surface area contributed by atoms with E-state index in [-0.39, 0.29) is 22.9 Å². The van der Waals surface area contributed by atoms with Gasteiger partial charge in [0.05, 0.1) is 16.8 Å². The molecule has 222 valence electrons. The number of hydrogen-bond acceptors (Lipinski definition) is 5. The summed E-state index contributed by atoms with van der Waals surface area (Å²) in [6.07, 6.45) is 6.85. The summed E-state index contributed by atoms with van der Waals surface area (Å²) in [6.45, 7) is 11.7. The van der Waals surface area contributed by atoms with Gasteiger partial charge >= 0.3 is 6.18 Å². The number of aromatic nitrogens is 2. The number of hydrogen-bond donors (Lipinski definition) is 1. The summed E-state index contributed by atoms with van der Waals surface area (Å²) in [5.41, 5.74) is 2.18. The Morgan fingerprint density at radius 3 is 2.57 bits per heavy atom. The lowest BCUT2D eigenvalue weighted by molar-refractivity contribution is -0.138. The number of likely N-dealkylation sites (tertiary alicyclic amines) is 1. The van der Waals surface area contributed by atoms with Crippen molar-refractivity contribution in [3.8, 4) is 0 Å². The van der Waals surface area contributed by atoms with Crippen LogP contribution in [0.2, 0.25) is 0 Å². The highest BCUT2D eigenvalue weighted by molar-refractivity contribution is 7.89. The number of aryl methyl sites for hydroxylation is 1. The van der Waals surface area contributed by atoms with Gasteiger partial charge in [-0.05, 0) is 86.4 Å². The van der Waals surface area contributed by atoms with Crippen molar-refractivity contribution in [1.82, 2.24) is 19.6 Å². The summed E-state index contributed by atoms with van der Waals surface area (Å²) in [7, 11) is -3.84. The number of fused-ring (bicyclic) bond motifs is 1. The van der Waals surface area contributed by atoms with E-state index in [0.29, 0.717) is 18.5 Å². The predicted molar refractivity (Wildman–Crippen MR) is 160 cm³/mol. The van der Waals surface area contributed by atoms with Gasteiger partial charge in [0, 0.05) is 42.8 Å². The van der Waals surface area contributed by atoms with E-state index >= 15 is 0 Å². The van der Waals surface area contributed by atoms with Crippen molar-refractivity contribution < 1.29 is 21.6 Å². The molecule has 42 heavy (non-hydrogen) atoms. The number of pyridine rings is 2. The molecule has 10 heteroatoms. The van der Waals surface area contributed by atoms with Gasteiger partial charge in [-0.1, -0.05) is 37.4 Å². The second kappa shape index (κ2) is 13.4. The number of alkyl halides is 3. The molecule has 0 radical (unpaired) electrons. The Morgan fingerprint density at radius 2 is 1.81 bits per heavy atom. The van der Waals surface area contributed by atoms with Gasteiger partial charge in [0.2, 0.25) is 0 Å². The molecule has 0 saturated carbocycles. The molecule has 0 spiro atoms. The maximum absolute atomic E-state index is 13.4. The maximum atomic E-state index is 13.4. The van der Waals surface area contributed by atoms with E-state index in [1.54, 1.807) is 42.6 Å². The minimum atomic E-state index is -4.41. The van der Waals surface area contributed by atoms with Crippen molar-refractivity contribution in [2.75, 3.05) is 13.1 Å². The third-order valence-electron chi connectivity index (χ3n) is 7.45. The molecule has 1 atom stereocenters. The molecule has 1 aliphatic heterocycles. The minimum Gasteiger partial charge on any atom is -0.372 e. The van der Waals surface area contributed by atoms with Gasteiger partial charge < -0.3 is 4.90 Å².